The van der Waals surface area contributed by atoms with Crippen LogP contribution in [0.1, 0.15) is 26.7 Å². The highest BCUT2D eigenvalue weighted by Crippen LogP contribution is 2.37. The predicted molar refractivity (Wildman–Crippen MR) is 65.8 cm³/mol. The Morgan fingerprint density at radius 1 is 1.29 bits per heavy atom. The van der Waals surface area contributed by atoms with Crippen molar-refractivity contribution < 1.29 is 14.9 Å². The third kappa shape index (κ3) is 3.41. The fraction of sp³-hybridized carbons (Fsp3) is 1.00. The number of ether oxygens (including phenoxy) is 1. The Balaban J connectivity index is 1.71. The molecule has 0 aromatic rings. The van der Waals surface area contributed by atoms with E-state index < -0.39 is 6.10 Å². The Morgan fingerprint density at radius 2 is 2.06 bits per heavy atom. The fourth-order valence-electron chi connectivity index (χ4n) is 3.13. The van der Waals surface area contributed by atoms with Crippen LogP contribution in [0.3, 0.4) is 0 Å². The molecule has 0 aromatic heterocycles. The number of nitrogens with zero attached hydrogens (tertiary/aromatic N) is 1. The summed E-state index contributed by atoms with van der Waals surface area (Å²) in [5.41, 5.74) is 0. The highest BCUT2D eigenvalue weighted by atomic mass is 16.5. The Morgan fingerprint density at radius 3 is 2.71 bits per heavy atom. The first-order chi connectivity index (χ1) is 8.06. The number of aliphatic hydroxyl groups is 2. The summed E-state index contributed by atoms with van der Waals surface area (Å²) in [6.07, 6.45) is 1.75. The number of likely N-dealkylation sites (tertiary alicyclic amines) is 1. The van der Waals surface area contributed by atoms with Crippen molar-refractivity contribution >= 4 is 0 Å². The Hall–Kier alpha value is -0.160. The van der Waals surface area contributed by atoms with Crippen molar-refractivity contribution in [1.29, 1.82) is 0 Å². The monoisotopic (exact) mass is 243 g/mol. The standard InChI is InChI=1S/C13H25NO3/c1-9(2)17-8-11(15)6-14-5-10-3-4-13(16)12(10)7-14/h9-13,15-16H,3-8H2,1-2H3. The molecule has 0 spiro atoms. The van der Waals surface area contributed by atoms with Crippen LogP contribution in [0.25, 0.3) is 0 Å². The summed E-state index contributed by atoms with van der Waals surface area (Å²) in [5, 5.41) is 19.7. The van der Waals surface area contributed by atoms with Gasteiger partial charge in [-0.3, -0.25) is 0 Å². The number of β-amino-alcohol motifs (C(OH)–C–C–N with tert-alkyl or cyclic N) is 1. The van der Waals surface area contributed by atoms with Gasteiger partial charge in [0, 0.05) is 25.6 Å². The van der Waals surface area contributed by atoms with E-state index >= 15 is 0 Å². The average molecular weight is 243 g/mol. The molecule has 2 N–H and O–H groups in total. The van der Waals surface area contributed by atoms with Gasteiger partial charge in [-0.15, -0.1) is 0 Å². The van der Waals surface area contributed by atoms with E-state index in [-0.39, 0.29) is 12.2 Å². The van der Waals surface area contributed by atoms with Gasteiger partial charge in [-0.25, -0.2) is 0 Å². The molecule has 17 heavy (non-hydrogen) atoms. The van der Waals surface area contributed by atoms with E-state index in [0.717, 1.165) is 25.9 Å². The molecule has 2 rings (SSSR count). The lowest BCUT2D eigenvalue weighted by molar-refractivity contribution is -0.00741. The van der Waals surface area contributed by atoms with E-state index in [1.807, 2.05) is 13.8 Å². The number of fused-ring (bicyclic) bond motifs is 1. The van der Waals surface area contributed by atoms with Crippen LogP contribution in [-0.2, 0) is 4.74 Å². The van der Waals surface area contributed by atoms with Gasteiger partial charge in [0.2, 0.25) is 0 Å². The molecule has 1 saturated heterocycles. The van der Waals surface area contributed by atoms with Crippen molar-refractivity contribution in [3.8, 4) is 0 Å². The van der Waals surface area contributed by atoms with Crippen molar-refractivity contribution in [2.24, 2.45) is 11.8 Å². The van der Waals surface area contributed by atoms with E-state index in [0.29, 0.717) is 25.0 Å². The maximum atomic E-state index is 9.86. The highest BCUT2D eigenvalue weighted by molar-refractivity contribution is 4.93. The van der Waals surface area contributed by atoms with Gasteiger partial charge in [0.05, 0.1) is 24.9 Å². The molecule has 1 aliphatic heterocycles. The molecule has 4 heteroatoms. The SMILES string of the molecule is CC(C)OCC(O)CN1CC2CCC(O)C2C1. The van der Waals surface area contributed by atoms with Crippen LogP contribution in [0.2, 0.25) is 0 Å². The third-order valence-electron chi connectivity index (χ3n) is 3.99. The van der Waals surface area contributed by atoms with Gasteiger partial charge in [-0.05, 0) is 32.6 Å². The zero-order valence-corrected chi connectivity index (χ0v) is 10.9. The summed E-state index contributed by atoms with van der Waals surface area (Å²) in [4.78, 5) is 2.27. The topological polar surface area (TPSA) is 52.9 Å². The van der Waals surface area contributed by atoms with Gasteiger partial charge in [0.25, 0.3) is 0 Å². The van der Waals surface area contributed by atoms with Gasteiger partial charge in [-0.1, -0.05) is 0 Å². The zero-order valence-electron chi connectivity index (χ0n) is 10.9. The maximum Gasteiger partial charge on any atom is 0.0900 e. The normalized spacial score (nSPS) is 35.5. The van der Waals surface area contributed by atoms with E-state index in [2.05, 4.69) is 4.90 Å². The predicted octanol–water partition coefficient (Wildman–Crippen LogP) is 0.475. The van der Waals surface area contributed by atoms with Crippen LogP contribution in [0, 0.1) is 11.8 Å². The largest absolute Gasteiger partial charge is 0.393 e. The molecule has 1 aliphatic carbocycles. The second kappa shape index (κ2) is 5.65. The summed E-state index contributed by atoms with van der Waals surface area (Å²) in [6.45, 7) is 7.00. The molecule has 0 aromatic carbocycles. The lowest BCUT2D eigenvalue weighted by atomic mass is 10.00. The first-order valence-electron chi connectivity index (χ1n) is 6.76. The van der Waals surface area contributed by atoms with Crippen LogP contribution >= 0.6 is 0 Å². The molecule has 1 saturated carbocycles. The lowest BCUT2D eigenvalue weighted by Crippen LogP contribution is -2.35. The second-order valence-corrected chi connectivity index (χ2v) is 5.82. The smallest absolute Gasteiger partial charge is 0.0900 e. The Bertz CT molecular complexity index is 247. The molecule has 100 valence electrons. The summed E-state index contributed by atoms with van der Waals surface area (Å²) in [6, 6.07) is 0. The summed E-state index contributed by atoms with van der Waals surface area (Å²) >= 11 is 0. The molecule has 4 atom stereocenters. The molecule has 0 radical (unpaired) electrons. The van der Waals surface area contributed by atoms with Crippen molar-refractivity contribution in [1.82, 2.24) is 4.90 Å². The van der Waals surface area contributed by atoms with Crippen LogP contribution in [0.5, 0.6) is 0 Å². The van der Waals surface area contributed by atoms with Gasteiger partial charge in [0.1, 0.15) is 0 Å². The molecule has 1 heterocycles. The van der Waals surface area contributed by atoms with Crippen molar-refractivity contribution in [3.63, 3.8) is 0 Å². The van der Waals surface area contributed by atoms with Gasteiger partial charge < -0.3 is 19.8 Å². The van der Waals surface area contributed by atoms with Crippen LogP contribution in [0.4, 0.5) is 0 Å². The number of hydrogen-bond donors (Lipinski definition) is 2. The fourth-order valence-corrected chi connectivity index (χ4v) is 3.13. The third-order valence-corrected chi connectivity index (χ3v) is 3.99. The van der Waals surface area contributed by atoms with Gasteiger partial charge in [-0.2, -0.15) is 0 Å². The number of aliphatic hydroxyl groups excluding tert-OH is 2. The van der Waals surface area contributed by atoms with Crippen LogP contribution < -0.4 is 0 Å². The quantitative estimate of drug-likeness (QED) is 0.737. The molecule has 2 aliphatic rings. The van der Waals surface area contributed by atoms with Gasteiger partial charge in [0.15, 0.2) is 0 Å². The minimum Gasteiger partial charge on any atom is -0.393 e. The summed E-state index contributed by atoms with van der Waals surface area (Å²) in [5.74, 6) is 1.08. The maximum absolute atomic E-state index is 9.86. The van der Waals surface area contributed by atoms with Gasteiger partial charge >= 0.3 is 0 Å². The minimum absolute atomic E-state index is 0.117. The second-order valence-electron chi connectivity index (χ2n) is 5.82. The first-order valence-corrected chi connectivity index (χ1v) is 6.76. The van der Waals surface area contributed by atoms with Crippen molar-refractivity contribution in [2.75, 3.05) is 26.2 Å². The van der Waals surface area contributed by atoms with Crippen molar-refractivity contribution in [3.05, 3.63) is 0 Å². The van der Waals surface area contributed by atoms with E-state index in [1.54, 1.807) is 0 Å². The summed E-state index contributed by atoms with van der Waals surface area (Å²) in [7, 11) is 0. The molecular weight excluding hydrogens is 218 g/mol. The first kappa shape index (κ1) is 13.3. The molecular formula is C13H25NO3. The van der Waals surface area contributed by atoms with Crippen LogP contribution in [-0.4, -0.2) is 59.7 Å². The average Bonchev–Trinajstić information content (AvgIpc) is 2.78. The Labute approximate surface area is 104 Å². The van der Waals surface area contributed by atoms with Crippen LogP contribution in [0.15, 0.2) is 0 Å². The summed E-state index contributed by atoms with van der Waals surface area (Å²) < 4.78 is 5.40. The van der Waals surface area contributed by atoms with E-state index in [9.17, 15) is 10.2 Å². The number of hydrogen-bond acceptors (Lipinski definition) is 4. The zero-order chi connectivity index (χ0) is 12.4. The van der Waals surface area contributed by atoms with E-state index in [1.165, 1.54) is 0 Å². The number of rotatable bonds is 5. The van der Waals surface area contributed by atoms with E-state index in [4.69, 9.17) is 4.74 Å². The molecule has 0 amide bonds. The highest BCUT2D eigenvalue weighted by Gasteiger charge is 2.41. The van der Waals surface area contributed by atoms with Crippen molar-refractivity contribution in [2.45, 2.75) is 45.0 Å². The minimum atomic E-state index is -0.409. The molecule has 4 nitrogen and oxygen atoms in total. The molecule has 2 fully saturated rings. The molecule has 4 unspecified atom stereocenters. The molecule has 0 bridgehead atoms. The lowest BCUT2D eigenvalue weighted by Gasteiger charge is -2.22. The Kier molecular flexibility index (Phi) is 4.42.